The third-order valence-electron chi connectivity index (χ3n) is 4.30. The van der Waals surface area contributed by atoms with Crippen molar-refractivity contribution in [3.63, 3.8) is 0 Å². The van der Waals surface area contributed by atoms with Crippen LogP contribution in [0.5, 0.6) is 11.5 Å². The molecular weight excluding hydrogens is 342 g/mol. The van der Waals surface area contributed by atoms with Crippen molar-refractivity contribution in [3.05, 3.63) is 59.2 Å². The topological polar surface area (TPSA) is 52.6 Å². The molecule has 0 saturated heterocycles. The molecule has 0 aliphatic heterocycles. The molecule has 1 unspecified atom stereocenters. The number of carbonyl (C=O) groups excluding carboxylic acids is 2. The number of hydrogen-bond donors (Lipinski definition) is 0. The monoisotopic (exact) mass is 360 g/mol. The molecule has 0 radical (unpaired) electrons. The van der Waals surface area contributed by atoms with Gasteiger partial charge in [-0.05, 0) is 56.2 Å². The number of hydrogen-bond acceptors (Lipinski definition) is 4. The fourth-order valence-electron chi connectivity index (χ4n) is 2.97. The second-order valence-electron chi connectivity index (χ2n) is 6.82. The van der Waals surface area contributed by atoms with Crippen LogP contribution in [-0.4, -0.2) is 17.4 Å². The van der Waals surface area contributed by atoms with Crippen LogP contribution in [0.3, 0.4) is 0 Å². The molecule has 0 N–H and O–H groups in total. The number of esters is 1. The van der Waals surface area contributed by atoms with Crippen molar-refractivity contribution >= 4 is 11.8 Å². The van der Waals surface area contributed by atoms with Gasteiger partial charge in [0.15, 0.2) is 5.78 Å². The number of halogens is 2. The van der Waals surface area contributed by atoms with E-state index in [4.69, 9.17) is 9.47 Å². The van der Waals surface area contributed by atoms with E-state index in [9.17, 15) is 18.4 Å². The SMILES string of the molecule is CC1CC(=O)c2c(OC(=O)C(C)(C)Oc3ccc(F)cc3)ccc(F)c21. The van der Waals surface area contributed by atoms with Gasteiger partial charge in [-0.2, -0.15) is 0 Å². The molecule has 2 aromatic rings. The smallest absolute Gasteiger partial charge is 0.355 e. The normalized spacial score (nSPS) is 16.3. The van der Waals surface area contributed by atoms with Gasteiger partial charge in [-0.15, -0.1) is 0 Å². The predicted octanol–water partition coefficient (Wildman–Crippen LogP) is 4.42. The zero-order valence-corrected chi connectivity index (χ0v) is 14.6. The second-order valence-corrected chi connectivity index (χ2v) is 6.82. The van der Waals surface area contributed by atoms with Crippen molar-refractivity contribution in [1.82, 2.24) is 0 Å². The molecule has 0 amide bonds. The highest BCUT2D eigenvalue weighted by atomic mass is 19.1. The largest absolute Gasteiger partial charge is 0.476 e. The summed E-state index contributed by atoms with van der Waals surface area (Å²) in [4.78, 5) is 24.7. The van der Waals surface area contributed by atoms with Crippen LogP contribution in [-0.2, 0) is 4.79 Å². The van der Waals surface area contributed by atoms with Crippen LogP contribution in [0.25, 0.3) is 0 Å². The molecular formula is C20H18F2O4. The quantitative estimate of drug-likeness (QED) is 0.598. The Hall–Kier alpha value is -2.76. The van der Waals surface area contributed by atoms with Gasteiger partial charge in [0.05, 0.1) is 5.56 Å². The summed E-state index contributed by atoms with van der Waals surface area (Å²) in [7, 11) is 0. The van der Waals surface area contributed by atoms with Crippen molar-refractivity contribution < 1.29 is 27.8 Å². The Morgan fingerprint density at radius 2 is 1.77 bits per heavy atom. The minimum Gasteiger partial charge on any atom is -0.476 e. The van der Waals surface area contributed by atoms with E-state index in [1.807, 2.05) is 0 Å². The van der Waals surface area contributed by atoms with Gasteiger partial charge in [0, 0.05) is 12.0 Å². The lowest BCUT2D eigenvalue weighted by atomic mass is 10.0. The van der Waals surface area contributed by atoms with E-state index in [2.05, 4.69) is 0 Å². The van der Waals surface area contributed by atoms with E-state index < -0.39 is 23.2 Å². The van der Waals surface area contributed by atoms with E-state index in [1.165, 1.54) is 50.2 Å². The summed E-state index contributed by atoms with van der Waals surface area (Å²) in [6.45, 7) is 4.74. The lowest BCUT2D eigenvalue weighted by Crippen LogP contribution is -2.41. The molecule has 4 nitrogen and oxygen atoms in total. The van der Waals surface area contributed by atoms with Gasteiger partial charge in [0.25, 0.3) is 0 Å². The maximum Gasteiger partial charge on any atom is 0.355 e. The summed E-state index contributed by atoms with van der Waals surface area (Å²) in [5.41, 5.74) is -1.01. The van der Waals surface area contributed by atoms with Gasteiger partial charge in [-0.25, -0.2) is 13.6 Å². The molecule has 0 saturated carbocycles. The summed E-state index contributed by atoms with van der Waals surface area (Å²) in [5, 5.41) is 0. The van der Waals surface area contributed by atoms with Crippen LogP contribution in [0, 0.1) is 11.6 Å². The van der Waals surface area contributed by atoms with Gasteiger partial charge in [0.2, 0.25) is 5.60 Å². The highest BCUT2D eigenvalue weighted by Crippen LogP contribution is 2.40. The summed E-state index contributed by atoms with van der Waals surface area (Å²) in [5.74, 6) is -1.86. The third-order valence-corrected chi connectivity index (χ3v) is 4.30. The first-order chi connectivity index (χ1) is 12.2. The molecule has 136 valence electrons. The van der Waals surface area contributed by atoms with Crippen LogP contribution < -0.4 is 9.47 Å². The van der Waals surface area contributed by atoms with Gasteiger partial charge in [-0.1, -0.05) is 6.92 Å². The number of rotatable bonds is 4. The molecule has 0 heterocycles. The van der Waals surface area contributed by atoms with E-state index in [0.29, 0.717) is 5.75 Å². The molecule has 6 heteroatoms. The van der Waals surface area contributed by atoms with Gasteiger partial charge < -0.3 is 9.47 Å². The molecule has 0 bridgehead atoms. The van der Waals surface area contributed by atoms with Crippen LogP contribution >= 0.6 is 0 Å². The summed E-state index contributed by atoms with van der Waals surface area (Å²) in [6.07, 6.45) is 0.177. The summed E-state index contributed by atoms with van der Waals surface area (Å²) < 4.78 is 38.0. The fourth-order valence-corrected chi connectivity index (χ4v) is 2.97. The standard InChI is InChI=1S/C20H18F2O4/c1-11-10-15(23)18-16(9-8-14(22)17(11)18)25-19(24)20(2,3)26-13-6-4-12(21)5-7-13/h4-9,11H,10H2,1-3H3. The Morgan fingerprint density at radius 1 is 1.12 bits per heavy atom. The Balaban J connectivity index is 1.84. The molecule has 3 rings (SSSR count). The highest BCUT2D eigenvalue weighted by molar-refractivity contribution is 6.04. The molecule has 1 aliphatic rings. The highest BCUT2D eigenvalue weighted by Gasteiger charge is 2.37. The van der Waals surface area contributed by atoms with Crippen molar-refractivity contribution in [2.75, 3.05) is 0 Å². The molecule has 2 aromatic carbocycles. The third kappa shape index (κ3) is 3.31. The Bertz CT molecular complexity index is 872. The molecule has 26 heavy (non-hydrogen) atoms. The first kappa shape index (κ1) is 18.0. The first-order valence-corrected chi connectivity index (χ1v) is 8.21. The number of carbonyl (C=O) groups is 2. The summed E-state index contributed by atoms with van der Waals surface area (Å²) >= 11 is 0. The Morgan fingerprint density at radius 3 is 2.42 bits per heavy atom. The van der Waals surface area contributed by atoms with Crippen molar-refractivity contribution in [1.29, 1.82) is 0 Å². The average Bonchev–Trinajstić information content (AvgIpc) is 2.87. The molecule has 0 fully saturated rings. The van der Waals surface area contributed by atoms with Gasteiger partial charge >= 0.3 is 5.97 Å². The molecule has 1 atom stereocenters. The van der Waals surface area contributed by atoms with Crippen molar-refractivity contribution in [3.8, 4) is 11.5 Å². The second kappa shape index (κ2) is 6.52. The van der Waals surface area contributed by atoms with E-state index in [1.54, 1.807) is 6.92 Å². The van der Waals surface area contributed by atoms with Crippen molar-refractivity contribution in [2.45, 2.75) is 38.7 Å². The molecule has 0 spiro atoms. The number of benzene rings is 2. The number of Topliss-reactive ketones (excluding diaryl/α,β-unsaturated/α-hetero) is 1. The van der Waals surface area contributed by atoms with Crippen molar-refractivity contribution in [2.24, 2.45) is 0 Å². The van der Waals surface area contributed by atoms with Gasteiger partial charge in [0.1, 0.15) is 23.1 Å². The van der Waals surface area contributed by atoms with E-state index in [-0.39, 0.29) is 35.0 Å². The zero-order chi connectivity index (χ0) is 19.1. The minimum absolute atomic E-state index is 0.0246. The fraction of sp³-hybridized carbons (Fsp3) is 0.300. The number of ketones is 1. The molecule has 1 aliphatic carbocycles. The Kier molecular flexibility index (Phi) is 4.52. The van der Waals surface area contributed by atoms with E-state index >= 15 is 0 Å². The maximum absolute atomic E-state index is 14.0. The predicted molar refractivity (Wildman–Crippen MR) is 90.5 cm³/mol. The average molecular weight is 360 g/mol. The van der Waals surface area contributed by atoms with Crippen LogP contribution in [0.1, 0.15) is 49.0 Å². The number of ether oxygens (including phenoxy) is 2. The van der Waals surface area contributed by atoms with Crippen LogP contribution in [0.2, 0.25) is 0 Å². The zero-order valence-electron chi connectivity index (χ0n) is 14.6. The number of fused-ring (bicyclic) bond motifs is 1. The maximum atomic E-state index is 14.0. The molecule has 0 aromatic heterocycles. The Labute approximate surface area is 149 Å². The lowest BCUT2D eigenvalue weighted by Gasteiger charge is -2.24. The first-order valence-electron chi connectivity index (χ1n) is 8.21. The van der Waals surface area contributed by atoms with Gasteiger partial charge in [-0.3, -0.25) is 4.79 Å². The summed E-state index contributed by atoms with van der Waals surface area (Å²) in [6, 6.07) is 7.67. The lowest BCUT2D eigenvalue weighted by molar-refractivity contribution is -0.149. The van der Waals surface area contributed by atoms with Crippen LogP contribution in [0.4, 0.5) is 8.78 Å². The van der Waals surface area contributed by atoms with Crippen LogP contribution in [0.15, 0.2) is 36.4 Å². The van der Waals surface area contributed by atoms with E-state index in [0.717, 1.165) is 0 Å². The minimum atomic E-state index is -1.40.